The fraction of sp³-hybridized carbons (Fsp3) is 0.538. The van der Waals surface area contributed by atoms with E-state index in [4.69, 9.17) is 4.74 Å². The maximum atomic E-state index is 11.0. The van der Waals surface area contributed by atoms with E-state index in [0.717, 1.165) is 12.0 Å². The molecule has 0 heterocycles. The first-order chi connectivity index (χ1) is 8.45. The molecule has 4 nitrogen and oxygen atoms in total. The highest BCUT2D eigenvalue weighted by Gasteiger charge is 2.17. The third kappa shape index (κ3) is 3.98. The van der Waals surface area contributed by atoms with E-state index in [0.29, 0.717) is 23.1 Å². The summed E-state index contributed by atoms with van der Waals surface area (Å²) in [7, 11) is 0. The highest BCUT2D eigenvalue weighted by Crippen LogP contribution is 2.29. The van der Waals surface area contributed by atoms with Gasteiger partial charge in [-0.3, -0.25) is 10.1 Å². The minimum Gasteiger partial charge on any atom is -0.487 e. The third-order valence-electron chi connectivity index (χ3n) is 2.67. The highest BCUT2D eigenvalue weighted by molar-refractivity contribution is 9.09. The molecule has 0 amide bonds. The molecule has 0 saturated carbocycles. The van der Waals surface area contributed by atoms with Crippen molar-refractivity contribution in [3.05, 3.63) is 33.9 Å². The van der Waals surface area contributed by atoms with Crippen molar-refractivity contribution >= 4 is 21.6 Å². The number of rotatable bonds is 6. The van der Waals surface area contributed by atoms with Gasteiger partial charge < -0.3 is 4.74 Å². The van der Waals surface area contributed by atoms with Crippen LogP contribution >= 0.6 is 15.9 Å². The molecule has 18 heavy (non-hydrogen) atoms. The van der Waals surface area contributed by atoms with Crippen molar-refractivity contribution in [2.24, 2.45) is 5.92 Å². The predicted molar refractivity (Wildman–Crippen MR) is 75.5 cm³/mol. The lowest BCUT2D eigenvalue weighted by atomic mass is 10.0. The van der Waals surface area contributed by atoms with Crippen LogP contribution in [0.5, 0.6) is 5.75 Å². The molecule has 100 valence electrons. The van der Waals surface area contributed by atoms with Crippen molar-refractivity contribution in [3.63, 3.8) is 0 Å². The van der Waals surface area contributed by atoms with Gasteiger partial charge in [0.2, 0.25) is 0 Å². The smallest absolute Gasteiger partial charge is 0.311 e. The van der Waals surface area contributed by atoms with Crippen LogP contribution in [0.25, 0.3) is 0 Å². The number of halogens is 1. The molecule has 0 aliphatic heterocycles. The maximum absolute atomic E-state index is 11.0. The molecule has 1 unspecified atom stereocenters. The van der Waals surface area contributed by atoms with Crippen molar-refractivity contribution in [1.82, 2.24) is 0 Å². The molecule has 0 spiro atoms. The predicted octanol–water partition coefficient (Wildman–Crippen LogP) is 3.96. The summed E-state index contributed by atoms with van der Waals surface area (Å²) in [4.78, 5) is 10.9. The van der Waals surface area contributed by atoms with Crippen LogP contribution in [0.2, 0.25) is 0 Å². The average molecular weight is 316 g/mol. The summed E-state index contributed by atoms with van der Waals surface area (Å²) in [5.41, 5.74) is 0.985. The molecule has 0 bridgehead atoms. The topological polar surface area (TPSA) is 52.4 Å². The van der Waals surface area contributed by atoms with E-state index in [2.05, 4.69) is 29.8 Å². The number of hydrogen-bond donors (Lipinski definition) is 0. The Morgan fingerprint density at radius 3 is 2.61 bits per heavy atom. The van der Waals surface area contributed by atoms with E-state index in [1.807, 2.05) is 13.0 Å². The fourth-order valence-corrected chi connectivity index (χ4v) is 1.94. The van der Waals surface area contributed by atoms with E-state index in [1.165, 1.54) is 0 Å². The van der Waals surface area contributed by atoms with E-state index in [1.54, 1.807) is 12.1 Å². The molecular weight excluding hydrogens is 298 g/mol. The molecule has 1 rings (SSSR count). The van der Waals surface area contributed by atoms with Gasteiger partial charge in [-0.25, -0.2) is 0 Å². The first kappa shape index (κ1) is 15.0. The van der Waals surface area contributed by atoms with Gasteiger partial charge in [0, 0.05) is 10.9 Å². The SMILES string of the molecule is CCOc1ccc(CC(Br)C(C)C)cc1[N+](=O)[O-]. The molecule has 0 N–H and O–H groups in total. The second-order valence-corrected chi connectivity index (χ2v) is 5.63. The van der Waals surface area contributed by atoms with Crippen LogP contribution in [-0.2, 0) is 6.42 Å². The summed E-state index contributed by atoms with van der Waals surface area (Å²) in [5.74, 6) is 0.817. The Hall–Kier alpha value is -1.10. The molecule has 1 atom stereocenters. The summed E-state index contributed by atoms with van der Waals surface area (Å²) in [6, 6.07) is 5.16. The minimum atomic E-state index is -0.396. The Labute approximate surface area is 116 Å². The van der Waals surface area contributed by atoms with E-state index < -0.39 is 4.92 Å². The van der Waals surface area contributed by atoms with Crippen LogP contribution in [0.15, 0.2) is 18.2 Å². The quantitative estimate of drug-likeness (QED) is 0.453. The van der Waals surface area contributed by atoms with Gasteiger partial charge in [-0.05, 0) is 30.9 Å². The van der Waals surface area contributed by atoms with Crippen LogP contribution in [-0.4, -0.2) is 16.4 Å². The van der Waals surface area contributed by atoms with E-state index in [-0.39, 0.29) is 5.69 Å². The normalized spacial score (nSPS) is 12.5. The summed E-state index contributed by atoms with van der Waals surface area (Å²) in [6.07, 6.45) is 0.769. The van der Waals surface area contributed by atoms with Crippen LogP contribution < -0.4 is 4.74 Å². The van der Waals surface area contributed by atoms with Crippen LogP contribution in [0, 0.1) is 16.0 Å². The Morgan fingerprint density at radius 2 is 2.11 bits per heavy atom. The molecule has 1 aromatic carbocycles. The lowest BCUT2D eigenvalue weighted by molar-refractivity contribution is -0.385. The molecule has 0 fully saturated rings. The van der Waals surface area contributed by atoms with Gasteiger partial charge in [0.25, 0.3) is 0 Å². The van der Waals surface area contributed by atoms with Gasteiger partial charge in [0.15, 0.2) is 5.75 Å². The number of alkyl halides is 1. The highest BCUT2D eigenvalue weighted by atomic mass is 79.9. The molecule has 0 radical (unpaired) electrons. The number of benzene rings is 1. The molecule has 5 heteroatoms. The zero-order valence-corrected chi connectivity index (χ0v) is 12.4. The number of nitro groups is 1. The van der Waals surface area contributed by atoms with Crippen LogP contribution in [0.4, 0.5) is 5.69 Å². The summed E-state index contributed by atoms with van der Waals surface area (Å²) >= 11 is 3.59. The van der Waals surface area contributed by atoms with Gasteiger partial charge in [0.05, 0.1) is 11.5 Å². The van der Waals surface area contributed by atoms with Crippen LogP contribution in [0.1, 0.15) is 26.3 Å². The zero-order chi connectivity index (χ0) is 13.7. The fourth-order valence-electron chi connectivity index (χ4n) is 1.57. The summed E-state index contributed by atoms with van der Waals surface area (Å²) in [5, 5.41) is 11.0. The van der Waals surface area contributed by atoms with E-state index in [9.17, 15) is 10.1 Å². The maximum Gasteiger partial charge on any atom is 0.311 e. The largest absolute Gasteiger partial charge is 0.487 e. The van der Waals surface area contributed by atoms with Crippen molar-refractivity contribution in [2.45, 2.75) is 32.0 Å². The van der Waals surface area contributed by atoms with Crippen molar-refractivity contribution in [3.8, 4) is 5.75 Å². The first-order valence-electron chi connectivity index (χ1n) is 5.99. The Morgan fingerprint density at radius 1 is 1.44 bits per heavy atom. The van der Waals surface area contributed by atoms with Gasteiger partial charge in [0.1, 0.15) is 0 Å². The molecular formula is C13H18BrNO3. The first-order valence-corrected chi connectivity index (χ1v) is 6.91. The second kappa shape index (κ2) is 6.73. The monoisotopic (exact) mass is 315 g/mol. The van der Waals surface area contributed by atoms with Crippen molar-refractivity contribution in [2.75, 3.05) is 6.61 Å². The second-order valence-electron chi connectivity index (χ2n) is 4.46. The Bertz CT molecular complexity index is 421. The molecule has 1 aromatic rings. The van der Waals surface area contributed by atoms with Gasteiger partial charge in [-0.2, -0.15) is 0 Å². The molecule has 0 saturated heterocycles. The number of ether oxygens (including phenoxy) is 1. The Balaban J connectivity index is 2.96. The zero-order valence-electron chi connectivity index (χ0n) is 10.9. The lowest BCUT2D eigenvalue weighted by Crippen LogP contribution is -2.10. The van der Waals surface area contributed by atoms with Crippen molar-refractivity contribution in [1.29, 1.82) is 0 Å². The van der Waals surface area contributed by atoms with Gasteiger partial charge >= 0.3 is 5.69 Å². The third-order valence-corrected chi connectivity index (χ3v) is 4.06. The number of nitrogens with zero attached hydrogens (tertiary/aromatic N) is 1. The van der Waals surface area contributed by atoms with Crippen molar-refractivity contribution < 1.29 is 9.66 Å². The van der Waals surface area contributed by atoms with Gasteiger partial charge in [-0.15, -0.1) is 0 Å². The summed E-state index contributed by atoms with van der Waals surface area (Å²) in [6.45, 7) is 6.46. The number of nitro benzene ring substituents is 1. The molecule has 0 aromatic heterocycles. The minimum absolute atomic E-state index is 0.0396. The standard InChI is InChI=1S/C13H18BrNO3/c1-4-18-13-6-5-10(7-11(14)9(2)3)8-12(13)15(16)17/h5-6,8-9,11H,4,7H2,1-3H3. The van der Waals surface area contributed by atoms with Crippen LogP contribution in [0.3, 0.4) is 0 Å². The average Bonchev–Trinajstić information content (AvgIpc) is 2.30. The number of hydrogen-bond acceptors (Lipinski definition) is 3. The molecule has 0 aliphatic carbocycles. The Kier molecular flexibility index (Phi) is 5.59. The lowest BCUT2D eigenvalue weighted by Gasteiger charge is -2.14. The summed E-state index contributed by atoms with van der Waals surface area (Å²) < 4.78 is 5.25. The van der Waals surface area contributed by atoms with Gasteiger partial charge in [-0.1, -0.05) is 35.8 Å². The van der Waals surface area contributed by atoms with E-state index >= 15 is 0 Å². The molecule has 0 aliphatic rings.